The molecule has 1 aromatic carbocycles. The van der Waals surface area contributed by atoms with Crippen molar-refractivity contribution in [3.8, 4) is 0 Å². The second-order valence-electron chi connectivity index (χ2n) is 4.55. The van der Waals surface area contributed by atoms with Crippen molar-refractivity contribution in [2.24, 2.45) is 0 Å². The van der Waals surface area contributed by atoms with E-state index in [1.54, 1.807) is 0 Å². The molecule has 0 saturated heterocycles. The Labute approximate surface area is 110 Å². The average molecular weight is 255 g/mol. The van der Waals surface area contributed by atoms with E-state index in [9.17, 15) is 0 Å². The summed E-state index contributed by atoms with van der Waals surface area (Å²) in [6.07, 6.45) is 2.37. The average Bonchev–Trinajstić information content (AvgIpc) is 2.29. The van der Waals surface area contributed by atoms with Crippen LogP contribution in [-0.2, 0) is 0 Å². The summed E-state index contributed by atoms with van der Waals surface area (Å²) in [4.78, 5) is 2.36. The molecule has 0 radical (unpaired) electrons. The number of rotatable bonds is 7. The van der Waals surface area contributed by atoms with E-state index in [1.165, 1.54) is 13.0 Å². The Balaban J connectivity index is 2.24. The van der Waals surface area contributed by atoms with Crippen molar-refractivity contribution in [1.82, 2.24) is 4.90 Å². The molecule has 0 spiro atoms. The van der Waals surface area contributed by atoms with Crippen LogP contribution in [0.1, 0.15) is 25.3 Å². The van der Waals surface area contributed by atoms with E-state index in [4.69, 9.17) is 11.6 Å². The zero-order chi connectivity index (χ0) is 12.7. The predicted molar refractivity (Wildman–Crippen MR) is 77.1 cm³/mol. The van der Waals surface area contributed by atoms with E-state index in [1.807, 2.05) is 19.1 Å². The van der Waals surface area contributed by atoms with E-state index < -0.39 is 0 Å². The lowest BCUT2D eigenvalue weighted by Gasteiger charge is -2.15. The van der Waals surface area contributed by atoms with Gasteiger partial charge in [0.2, 0.25) is 0 Å². The Kier molecular flexibility index (Phi) is 6.38. The van der Waals surface area contributed by atoms with Crippen LogP contribution in [-0.4, -0.2) is 31.6 Å². The molecule has 0 unspecified atom stereocenters. The molecule has 0 aliphatic heterocycles. The summed E-state index contributed by atoms with van der Waals surface area (Å²) >= 11 is 6.07. The van der Waals surface area contributed by atoms with Crippen molar-refractivity contribution in [2.45, 2.75) is 26.7 Å². The van der Waals surface area contributed by atoms with Gasteiger partial charge in [0.25, 0.3) is 0 Å². The molecule has 96 valence electrons. The highest BCUT2D eigenvalue weighted by molar-refractivity contribution is 6.31. The minimum Gasteiger partial charge on any atom is -0.385 e. The number of hydrogen-bond acceptors (Lipinski definition) is 2. The van der Waals surface area contributed by atoms with Gasteiger partial charge in [0.1, 0.15) is 0 Å². The van der Waals surface area contributed by atoms with Crippen molar-refractivity contribution in [3.05, 3.63) is 28.8 Å². The maximum atomic E-state index is 6.07. The van der Waals surface area contributed by atoms with Gasteiger partial charge in [-0.2, -0.15) is 0 Å². The van der Waals surface area contributed by atoms with Gasteiger partial charge in [-0.1, -0.05) is 24.6 Å². The lowest BCUT2D eigenvalue weighted by Crippen LogP contribution is -2.22. The molecule has 0 aromatic heterocycles. The minimum atomic E-state index is 0.832. The molecule has 2 nitrogen and oxygen atoms in total. The third kappa shape index (κ3) is 5.42. The van der Waals surface area contributed by atoms with Crippen LogP contribution in [0, 0.1) is 6.92 Å². The fourth-order valence-electron chi connectivity index (χ4n) is 1.78. The SMILES string of the molecule is CCCN(C)CCCNc1ccc(C)c(Cl)c1. The molecular formula is C14H23ClN2. The minimum absolute atomic E-state index is 0.832. The topological polar surface area (TPSA) is 15.3 Å². The van der Waals surface area contributed by atoms with Crippen LogP contribution in [0.15, 0.2) is 18.2 Å². The highest BCUT2D eigenvalue weighted by Gasteiger charge is 1.98. The van der Waals surface area contributed by atoms with Crippen LogP contribution in [0.2, 0.25) is 5.02 Å². The maximum Gasteiger partial charge on any atom is 0.0455 e. The molecule has 0 fully saturated rings. The Morgan fingerprint density at radius 1 is 1.29 bits per heavy atom. The molecule has 0 bridgehead atoms. The molecule has 3 heteroatoms. The highest BCUT2D eigenvalue weighted by Crippen LogP contribution is 2.19. The van der Waals surface area contributed by atoms with E-state index in [0.717, 1.165) is 35.8 Å². The summed E-state index contributed by atoms with van der Waals surface area (Å²) in [5.41, 5.74) is 2.23. The van der Waals surface area contributed by atoms with Gasteiger partial charge in [-0.15, -0.1) is 0 Å². The van der Waals surface area contributed by atoms with Gasteiger partial charge in [-0.25, -0.2) is 0 Å². The summed E-state index contributed by atoms with van der Waals surface area (Å²) in [5.74, 6) is 0. The first kappa shape index (κ1) is 14.3. The van der Waals surface area contributed by atoms with Gasteiger partial charge in [-0.05, 0) is 57.6 Å². The Morgan fingerprint density at radius 3 is 2.71 bits per heavy atom. The van der Waals surface area contributed by atoms with Crippen molar-refractivity contribution in [3.63, 3.8) is 0 Å². The zero-order valence-electron chi connectivity index (χ0n) is 11.1. The van der Waals surface area contributed by atoms with Crippen LogP contribution in [0.3, 0.4) is 0 Å². The number of nitrogens with one attached hydrogen (secondary N) is 1. The monoisotopic (exact) mass is 254 g/mol. The summed E-state index contributed by atoms with van der Waals surface area (Å²) in [5, 5.41) is 4.23. The smallest absolute Gasteiger partial charge is 0.0455 e. The molecule has 0 heterocycles. The van der Waals surface area contributed by atoms with Crippen LogP contribution >= 0.6 is 11.6 Å². The molecule has 1 N–H and O–H groups in total. The summed E-state index contributed by atoms with van der Waals surface area (Å²) in [6, 6.07) is 6.12. The lowest BCUT2D eigenvalue weighted by molar-refractivity contribution is 0.333. The van der Waals surface area contributed by atoms with Crippen molar-refractivity contribution in [2.75, 3.05) is 32.0 Å². The quantitative estimate of drug-likeness (QED) is 0.745. The molecule has 0 aliphatic rings. The third-order valence-electron chi connectivity index (χ3n) is 2.82. The van der Waals surface area contributed by atoms with Crippen molar-refractivity contribution >= 4 is 17.3 Å². The van der Waals surface area contributed by atoms with E-state index in [-0.39, 0.29) is 0 Å². The van der Waals surface area contributed by atoms with Crippen LogP contribution in [0.25, 0.3) is 0 Å². The summed E-state index contributed by atoms with van der Waals surface area (Å²) in [7, 11) is 2.17. The fraction of sp³-hybridized carbons (Fsp3) is 0.571. The molecule has 0 atom stereocenters. The lowest BCUT2D eigenvalue weighted by atomic mass is 10.2. The van der Waals surface area contributed by atoms with Gasteiger partial charge in [0.15, 0.2) is 0 Å². The number of anilines is 1. The predicted octanol–water partition coefficient (Wildman–Crippen LogP) is 3.79. The van der Waals surface area contributed by atoms with Gasteiger partial charge in [0.05, 0.1) is 0 Å². The standard InChI is InChI=1S/C14H23ClN2/c1-4-9-17(3)10-5-8-16-13-7-6-12(2)14(15)11-13/h6-7,11,16H,4-5,8-10H2,1-3H3. The highest BCUT2D eigenvalue weighted by atomic mass is 35.5. The second kappa shape index (κ2) is 7.57. The molecule has 1 rings (SSSR count). The first-order chi connectivity index (χ1) is 8.13. The normalized spacial score (nSPS) is 10.9. The second-order valence-corrected chi connectivity index (χ2v) is 4.95. The van der Waals surface area contributed by atoms with Gasteiger partial charge in [-0.3, -0.25) is 0 Å². The van der Waals surface area contributed by atoms with Gasteiger partial charge in [0, 0.05) is 17.3 Å². The summed E-state index contributed by atoms with van der Waals surface area (Å²) < 4.78 is 0. The molecule has 0 aliphatic carbocycles. The zero-order valence-corrected chi connectivity index (χ0v) is 11.8. The Hall–Kier alpha value is -0.730. The van der Waals surface area contributed by atoms with E-state index >= 15 is 0 Å². The van der Waals surface area contributed by atoms with E-state index in [0.29, 0.717) is 0 Å². The Morgan fingerprint density at radius 2 is 2.06 bits per heavy atom. The first-order valence-electron chi connectivity index (χ1n) is 6.32. The van der Waals surface area contributed by atoms with Crippen LogP contribution < -0.4 is 5.32 Å². The Bertz CT molecular complexity index is 339. The number of nitrogens with zero attached hydrogens (tertiary/aromatic N) is 1. The molecule has 0 amide bonds. The largest absolute Gasteiger partial charge is 0.385 e. The molecule has 0 saturated carbocycles. The molecular weight excluding hydrogens is 232 g/mol. The molecule has 17 heavy (non-hydrogen) atoms. The number of hydrogen-bond donors (Lipinski definition) is 1. The number of benzene rings is 1. The number of aryl methyl sites for hydroxylation is 1. The van der Waals surface area contributed by atoms with Gasteiger partial charge >= 0.3 is 0 Å². The van der Waals surface area contributed by atoms with E-state index in [2.05, 4.69) is 30.3 Å². The summed E-state index contributed by atoms with van der Waals surface area (Å²) in [6.45, 7) is 7.54. The molecule has 1 aromatic rings. The third-order valence-corrected chi connectivity index (χ3v) is 3.23. The van der Waals surface area contributed by atoms with Crippen molar-refractivity contribution in [1.29, 1.82) is 0 Å². The first-order valence-corrected chi connectivity index (χ1v) is 6.70. The van der Waals surface area contributed by atoms with Gasteiger partial charge < -0.3 is 10.2 Å². The maximum absolute atomic E-state index is 6.07. The van der Waals surface area contributed by atoms with Crippen LogP contribution in [0.5, 0.6) is 0 Å². The fourth-order valence-corrected chi connectivity index (χ4v) is 1.96. The van der Waals surface area contributed by atoms with Crippen molar-refractivity contribution < 1.29 is 0 Å². The van der Waals surface area contributed by atoms with Crippen LogP contribution in [0.4, 0.5) is 5.69 Å². The number of halogens is 1.